The predicted molar refractivity (Wildman–Crippen MR) is 62.2 cm³/mol. The highest BCUT2D eigenvalue weighted by atomic mass is 16.5. The predicted octanol–water partition coefficient (Wildman–Crippen LogP) is 2.08. The zero-order valence-corrected chi connectivity index (χ0v) is 10.0. The smallest absolute Gasteiger partial charge is 0.164 e. The van der Waals surface area contributed by atoms with Crippen molar-refractivity contribution in [2.45, 2.75) is 31.8 Å². The van der Waals surface area contributed by atoms with Crippen LogP contribution in [0, 0.1) is 6.92 Å². The molecule has 0 bridgehead atoms. The van der Waals surface area contributed by atoms with Gasteiger partial charge in [-0.15, -0.1) is 0 Å². The first-order valence-corrected chi connectivity index (χ1v) is 5.52. The SMILES string of the molecule is COc1ccc(C)c(CC2(O)CC2)c1OC. The van der Waals surface area contributed by atoms with E-state index >= 15 is 0 Å². The average Bonchev–Trinajstić information content (AvgIpc) is 2.99. The second-order valence-corrected chi connectivity index (χ2v) is 4.50. The fraction of sp³-hybridized carbons (Fsp3) is 0.538. The fourth-order valence-electron chi connectivity index (χ4n) is 1.96. The van der Waals surface area contributed by atoms with Gasteiger partial charge in [-0.05, 0) is 31.4 Å². The van der Waals surface area contributed by atoms with Gasteiger partial charge >= 0.3 is 0 Å². The second kappa shape index (κ2) is 3.98. The van der Waals surface area contributed by atoms with Gasteiger partial charge in [-0.2, -0.15) is 0 Å². The molecule has 0 radical (unpaired) electrons. The van der Waals surface area contributed by atoms with Gasteiger partial charge in [-0.3, -0.25) is 0 Å². The van der Waals surface area contributed by atoms with E-state index in [2.05, 4.69) is 0 Å². The fourth-order valence-corrected chi connectivity index (χ4v) is 1.96. The molecule has 0 aromatic heterocycles. The van der Waals surface area contributed by atoms with E-state index in [0.29, 0.717) is 6.42 Å². The first-order valence-electron chi connectivity index (χ1n) is 5.52. The molecule has 0 atom stereocenters. The van der Waals surface area contributed by atoms with Crippen LogP contribution in [0.3, 0.4) is 0 Å². The number of aliphatic hydroxyl groups is 1. The number of hydrogen-bond acceptors (Lipinski definition) is 3. The molecule has 1 N–H and O–H groups in total. The molecule has 1 aliphatic carbocycles. The van der Waals surface area contributed by atoms with Gasteiger partial charge in [-0.1, -0.05) is 6.07 Å². The Hall–Kier alpha value is -1.22. The Bertz CT molecular complexity index is 394. The third-order valence-electron chi connectivity index (χ3n) is 3.22. The van der Waals surface area contributed by atoms with Crippen molar-refractivity contribution in [1.82, 2.24) is 0 Å². The van der Waals surface area contributed by atoms with Crippen LogP contribution in [0.5, 0.6) is 11.5 Å². The second-order valence-electron chi connectivity index (χ2n) is 4.50. The van der Waals surface area contributed by atoms with E-state index in [-0.39, 0.29) is 0 Å². The van der Waals surface area contributed by atoms with E-state index in [1.165, 1.54) is 0 Å². The Morgan fingerprint density at radius 3 is 2.44 bits per heavy atom. The molecule has 1 fully saturated rings. The van der Waals surface area contributed by atoms with Crippen molar-refractivity contribution in [3.05, 3.63) is 23.3 Å². The highest BCUT2D eigenvalue weighted by Crippen LogP contribution is 2.43. The summed E-state index contributed by atoms with van der Waals surface area (Å²) in [6.45, 7) is 2.03. The quantitative estimate of drug-likeness (QED) is 0.847. The summed E-state index contributed by atoms with van der Waals surface area (Å²) >= 11 is 0. The lowest BCUT2D eigenvalue weighted by Crippen LogP contribution is -2.13. The van der Waals surface area contributed by atoms with E-state index in [4.69, 9.17) is 9.47 Å². The normalized spacial score (nSPS) is 17.0. The molecule has 1 saturated carbocycles. The average molecular weight is 222 g/mol. The molecular formula is C13H18O3. The largest absolute Gasteiger partial charge is 0.493 e. The molecule has 0 heterocycles. The van der Waals surface area contributed by atoms with Gasteiger partial charge in [-0.25, -0.2) is 0 Å². The topological polar surface area (TPSA) is 38.7 Å². The van der Waals surface area contributed by atoms with Crippen LogP contribution >= 0.6 is 0 Å². The summed E-state index contributed by atoms with van der Waals surface area (Å²) in [6, 6.07) is 3.90. The van der Waals surface area contributed by atoms with Crippen molar-refractivity contribution >= 4 is 0 Å². The minimum absolute atomic E-state index is 0.510. The van der Waals surface area contributed by atoms with Crippen LogP contribution < -0.4 is 9.47 Å². The van der Waals surface area contributed by atoms with Crippen molar-refractivity contribution in [3.63, 3.8) is 0 Å². The first kappa shape index (κ1) is 11.3. The van der Waals surface area contributed by atoms with Gasteiger partial charge in [0.1, 0.15) is 0 Å². The van der Waals surface area contributed by atoms with Gasteiger partial charge < -0.3 is 14.6 Å². The lowest BCUT2D eigenvalue weighted by Gasteiger charge is -2.17. The molecule has 0 aliphatic heterocycles. The monoisotopic (exact) mass is 222 g/mol. The minimum atomic E-state index is -0.510. The number of ether oxygens (including phenoxy) is 2. The maximum Gasteiger partial charge on any atom is 0.164 e. The summed E-state index contributed by atoms with van der Waals surface area (Å²) in [5.74, 6) is 1.48. The van der Waals surface area contributed by atoms with Crippen molar-refractivity contribution in [1.29, 1.82) is 0 Å². The number of hydrogen-bond donors (Lipinski definition) is 1. The Morgan fingerprint density at radius 1 is 1.25 bits per heavy atom. The molecule has 3 heteroatoms. The summed E-state index contributed by atoms with van der Waals surface area (Å²) in [5.41, 5.74) is 1.68. The molecule has 3 nitrogen and oxygen atoms in total. The molecule has 0 saturated heterocycles. The van der Waals surface area contributed by atoms with Crippen LogP contribution in [0.15, 0.2) is 12.1 Å². The van der Waals surface area contributed by atoms with Crippen LogP contribution in [0.4, 0.5) is 0 Å². The van der Waals surface area contributed by atoms with Crippen LogP contribution in [0.1, 0.15) is 24.0 Å². The minimum Gasteiger partial charge on any atom is -0.493 e. The Balaban J connectivity index is 2.39. The van der Waals surface area contributed by atoms with E-state index in [9.17, 15) is 5.11 Å². The van der Waals surface area contributed by atoms with E-state index < -0.39 is 5.60 Å². The summed E-state index contributed by atoms with van der Waals surface area (Å²) < 4.78 is 10.6. The molecular weight excluding hydrogens is 204 g/mol. The third-order valence-corrected chi connectivity index (χ3v) is 3.22. The van der Waals surface area contributed by atoms with Gasteiger partial charge in [0.2, 0.25) is 0 Å². The molecule has 0 amide bonds. The molecule has 88 valence electrons. The van der Waals surface area contributed by atoms with Gasteiger partial charge in [0.25, 0.3) is 0 Å². The standard InChI is InChI=1S/C13H18O3/c1-9-4-5-11(15-2)12(16-3)10(9)8-13(14)6-7-13/h4-5,14H,6-8H2,1-3H3. The van der Waals surface area contributed by atoms with Crippen molar-refractivity contribution in [3.8, 4) is 11.5 Å². The Labute approximate surface area is 96.0 Å². The lowest BCUT2D eigenvalue weighted by molar-refractivity contribution is 0.149. The van der Waals surface area contributed by atoms with Gasteiger partial charge in [0, 0.05) is 12.0 Å². The van der Waals surface area contributed by atoms with Crippen LogP contribution in [0.25, 0.3) is 0 Å². The van der Waals surface area contributed by atoms with E-state index in [1.807, 2.05) is 19.1 Å². The lowest BCUT2D eigenvalue weighted by atomic mass is 9.99. The zero-order chi connectivity index (χ0) is 11.8. The highest BCUT2D eigenvalue weighted by molar-refractivity contribution is 5.51. The van der Waals surface area contributed by atoms with Crippen LogP contribution in [-0.4, -0.2) is 24.9 Å². The number of methoxy groups -OCH3 is 2. The van der Waals surface area contributed by atoms with Gasteiger partial charge in [0.05, 0.1) is 19.8 Å². The molecule has 16 heavy (non-hydrogen) atoms. The molecule has 1 aromatic carbocycles. The van der Waals surface area contributed by atoms with Crippen molar-refractivity contribution in [2.24, 2.45) is 0 Å². The number of aryl methyl sites for hydroxylation is 1. The van der Waals surface area contributed by atoms with Crippen LogP contribution in [-0.2, 0) is 6.42 Å². The summed E-state index contributed by atoms with van der Waals surface area (Å²) in [4.78, 5) is 0. The zero-order valence-electron chi connectivity index (χ0n) is 10.0. The summed E-state index contributed by atoms with van der Waals surface area (Å²) in [7, 11) is 3.26. The molecule has 0 spiro atoms. The third kappa shape index (κ3) is 2.00. The van der Waals surface area contributed by atoms with Crippen molar-refractivity contribution in [2.75, 3.05) is 14.2 Å². The summed E-state index contributed by atoms with van der Waals surface area (Å²) in [5, 5.41) is 9.99. The van der Waals surface area contributed by atoms with E-state index in [1.54, 1.807) is 14.2 Å². The van der Waals surface area contributed by atoms with Crippen LogP contribution in [0.2, 0.25) is 0 Å². The van der Waals surface area contributed by atoms with Crippen molar-refractivity contribution < 1.29 is 14.6 Å². The maximum absolute atomic E-state index is 9.99. The van der Waals surface area contributed by atoms with Gasteiger partial charge in [0.15, 0.2) is 11.5 Å². The van der Waals surface area contributed by atoms with E-state index in [0.717, 1.165) is 35.5 Å². The molecule has 0 unspecified atom stereocenters. The molecule has 1 aromatic rings. The maximum atomic E-state index is 9.99. The molecule has 1 aliphatic rings. The number of rotatable bonds is 4. The Morgan fingerprint density at radius 2 is 1.94 bits per heavy atom. The summed E-state index contributed by atoms with van der Waals surface area (Å²) in [6.07, 6.45) is 2.42. The highest BCUT2D eigenvalue weighted by Gasteiger charge is 2.41. The first-order chi connectivity index (χ1) is 7.59. The number of benzene rings is 1. The molecule has 2 rings (SSSR count). The Kier molecular flexibility index (Phi) is 2.80.